The Balaban J connectivity index is 2.10. The number of rotatable bonds is 9. The summed E-state index contributed by atoms with van der Waals surface area (Å²) in [5.41, 5.74) is 0.813. The first-order chi connectivity index (χ1) is 14.3. The lowest BCUT2D eigenvalue weighted by Gasteiger charge is -2.34. The molecule has 1 aromatic carbocycles. The summed E-state index contributed by atoms with van der Waals surface area (Å²) in [6.45, 7) is 9.54. The van der Waals surface area contributed by atoms with Crippen molar-refractivity contribution in [3.63, 3.8) is 0 Å². The highest BCUT2D eigenvalue weighted by Gasteiger charge is 2.34. The maximum atomic E-state index is 12.5. The van der Waals surface area contributed by atoms with E-state index < -0.39 is 17.7 Å². The molecule has 156 valence electrons. The SMILES string of the molecule is C=C(/C=C(\OC)c1cccnc1)OC(C)(C)[C@H](CC)OC(=O)c1ccc(C#N)cc1. The van der Waals surface area contributed by atoms with Crippen molar-refractivity contribution in [3.8, 4) is 6.07 Å². The van der Waals surface area contributed by atoms with Crippen molar-refractivity contribution < 1.29 is 19.0 Å². The van der Waals surface area contributed by atoms with Crippen LogP contribution in [0.3, 0.4) is 0 Å². The molecule has 1 aromatic heterocycles. The van der Waals surface area contributed by atoms with Crippen LogP contribution in [0.4, 0.5) is 0 Å². The second-order valence-electron chi connectivity index (χ2n) is 7.12. The fraction of sp³-hybridized carbons (Fsp3) is 0.292. The Kier molecular flexibility index (Phi) is 7.76. The molecule has 0 aliphatic heterocycles. The van der Waals surface area contributed by atoms with Crippen LogP contribution in [0.2, 0.25) is 0 Å². The Morgan fingerprint density at radius 1 is 1.27 bits per heavy atom. The molecule has 30 heavy (non-hydrogen) atoms. The molecule has 0 unspecified atom stereocenters. The molecule has 0 saturated heterocycles. The summed E-state index contributed by atoms with van der Waals surface area (Å²) in [5, 5.41) is 8.89. The van der Waals surface area contributed by atoms with E-state index >= 15 is 0 Å². The van der Waals surface area contributed by atoms with Gasteiger partial charge in [0.2, 0.25) is 0 Å². The predicted molar refractivity (Wildman–Crippen MR) is 114 cm³/mol. The predicted octanol–water partition coefficient (Wildman–Crippen LogP) is 4.89. The lowest BCUT2D eigenvalue weighted by molar-refractivity contribution is -0.0784. The van der Waals surface area contributed by atoms with E-state index in [1.165, 1.54) is 0 Å². The molecule has 0 amide bonds. The zero-order valence-electron chi connectivity index (χ0n) is 17.7. The van der Waals surface area contributed by atoms with Crippen LogP contribution >= 0.6 is 0 Å². The molecule has 0 N–H and O–H groups in total. The van der Waals surface area contributed by atoms with Crippen molar-refractivity contribution in [3.05, 3.63) is 83.9 Å². The van der Waals surface area contributed by atoms with E-state index in [9.17, 15) is 4.79 Å². The molecule has 0 radical (unpaired) electrons. The third-order valence-electron chi connectivity index (χ3n) is 4.50. The number of esters is 1. The van der Waals surface area contributed by atoms with Gasteiger partial charge in [-0.1, -0.05) is 13.5 Å². The maximum Gasteiger partial charge on any atom is 0.338 e. The summed E-state index contributed by atoms with van der Waals surface area (Å²) in [5.74, 6) is 0.456. The van der Waals surface area contributed by atoms with E-state index in [-0.39, 0.29) is 0 Å². The number of methoxy groups -OCH3 is 1. The first-order valence-electron chi connectivity index (χ1n) is 9.55. The summed E-state index contributed by atoms with van der Waals surface area (Å²) in [7, 11) is 1.56. The van der Waals surface area contributed by atoms with Gasteiger partial charge in [-0.05, 0) is 56.7 Å². The molecule has 6 heteroatoms. The van der Waals surface area contributed by atoms with Gasteiger partial charge in [-0.15, -0.1) is 0 Å². The smallest absolute Gasteiger partial charge is 0.338 e. The molecule has 0 spiro atoms. The highest BCUT2D eigenvalue weighted by molar-refractivity contribution is 5.89. The van der Waals surface area contributed by atoms with Crippen LogP contribution in [-0.2, 0) is 14.2 Å². The number of aromatic nitrogens is 1. The number of pyridine rings is 1. The molecule has 0 saturated carbocycles. The molecule has 1 atom stereocenters. The van der Waals surface area contributed by atoms with Gasteiger partial charge in [-0.3, -0.25) is 4.98 Å². The van der Waals surface area contributed by atoms with Gasteiger partial charge in [-0.2, -0.15) is 5.26 Å². The normalized spacial score (nSPS) is 12.4. The van der Waals surface area contributed by atoms with Crippen molar-refractivity contribution in [1.82, 2.24) is 4.98 Å². The van der Waals surface area contributed by atoms with Crippen LogP contribution in [-0.4, -0.2) is 29.8 Å². The Labute approximate surface area is 177 Å². The monoisotopic (exact) mass is 406 g/mol. The topological polar surface area (TPSA) is 81.4 Å². The third-order valence-corrected chi connectivity index (χ3v) is 4.50. The van der Waals surface area contributed by atoms with Gasteiger partial charge in [-0.25, -0.2) is 4.79 Å². The van der Waals surface area contributed by atoms with Crippen molar-refractivity contribution in [1.29, 1.82) is 5.26 Å². The minimum Gasteiger partial charge on any atom is -0.496 e. The fourth-order valence-corrected chi connectivity index (χ4v) is 2.94. The largest absolute Gasteiger partial charge is 0.496 e. The molecular weight excluding hydrogens is 380 g/mol. The van der Waals surface area contributed by atoms with Gasteiger partial charge in [0, 0.05) is 24.0 Å². The quantitative estimate of drug-likeness (QED) is 0.335. The van der Waals surface area contributed by atoms with Gasteiger partial charge in [0.15, 0.2) is 0 Å². The van der Waals surface area contributed by atoms with Crippen molar-refractivity contribution >= 4 is 11.7 Å². The molecule has 1 heterocycles. The van der Waals surface area contributed by atoms with Crippen LogP contribution in [0.25, 0.3) is 5.76 Å². The fourth-order valence-electron chi connectivity index (χ4n) is 2.94. The lowest BCUT2D eigenvalue weighted by atomic mass is 9.98. The summed E-state index contributed by atoms with van der Waals surface area (Å²) < 4.78 is 17.1. The second kappa shape index (κ2) is 10.3. The zero-order chi connectivity index (χ0) is 22.1. The Hall–Kier alpha value is -3.59. The number of carbonyl (C=O) groups is 1. The number of nitriles is 1. The van der Waals surface area contributed by atoms with E-state index in [1.54, 1.807) is 49.8 Å². The van der Waals surface area contributed by atoms with Crippen LogP contribution in [0.15, 0.2) is 67.2 Å². The summed E-state index contributed by atoms with van der Waals surface area (Å²) in [6.07, 6.45) is 5.07. The van der Waals surface area contributed by atoms with Crippen LogP contribution in [0, 0.1) is 11.3 Å². The molecule has 6 nitrogen and oxygen atoms in total. The van der Waals surface area contributed by atoms with Gasteiger partial charge in [0.1, 0.15) is 23.2 Å². The van der Waals surface area contributed by atoms with Gasteiger partial charge >= 0.3 is 5.97 Å². The van der Waals surface area contributed by atoms with E-state index in [4.69, 9.17) is 19.5 Å². The van der Waals surface area contributed by atoms with Gasteiger partial charge < -0.3 is 14.2 Å². The number of ether oxygens (including phenoxy) is 3. The third kappa shape index (κ3) is 5.95. The second-order valence-corrected chi connectivity index (χ2v) is 7.12. The minimum absolute atomic E-state index is 0.369. The first kappa shape index (κ1) is 22.7. The van der Waals surface area contributed by atoms with Crippen LogP contribution < -0.4 is 0 Å². The van der Waals surface area contributed by atoms with Crippen LogP contribution in [0.5, 0.6) is 0 Å². The molecule has 0 aliphatic rings. The number of allylic oxidation sites excluding steroid dienone is 1. The Morgan fingerprint density at radius 2 is 1.97 bits per heavy atom. The van der Waals surface area contributed by atoms with E-state index in [0.29, 0.717) is 29.1 Å². The van der Waals surface area contributed by atoms with Crippen molar-refractivity contribution in [2.45, 2.75) is 38.9 Å². The Bertz CT molecular complexity index is 941. The van der Waals surface area contributed by atoms with Crippen LogP contribution in [0.1, 0.15) is 48.7 Å². The summed E-state index contributed by atoms with van der Waals surface area (Å²) in [6, 6.07) is 12.0. The molecule has 2 aromatic rings. The zero-order valence-corrected chi connectivity index (χ0v) is 17.7. The molecule has 0 aliphatic carbocycles. The number of benzene rings is 1. The Morgan fingerprint density at radius 3 is 2.50 bits per heavy atom. The molecule has 2 rings (SSSR count). The van der Waals surface area contributed by atoms with E-state index in [2.05, 4.69) is 11.6 Å². The number of hydrogen-bond acceptors (Lipinski definition) is 6. The molecule has 0 fully saturated rings. The number of hydrogen-bond donors (Lipinski definition) is 0. The lowest BCUT2D eigenvalue weighted by Crippen LogP contribution is -2.41. The summed E-state index contributed by atoms with van der Waals surface area (Å²) >= 11 is 0. The maximum absolute atomic E-state index is 12.5. The molecular formula is C24H26N2O4. The van der Waals surface area contributed by atoms with Gasteiger partial charge in [0.25, 0.3) is 0 Å². The first-order valence-corrected chi connectivity index (χ1v) is 9.55. The van der Waals surface area contributed by atoms with E-state index in [1.807, 2.05) is 39.0 Å². The van der Waals surface area contributed by atoms with Gasteiger partial charge in [0.05, 0.1) is 24.3 Å². The average molecular weight is 406 g/mol. The van der Waals surface area contributed by atoms with Crippen molar-refractivity contribution in [2.24, 2.45) is 0 Å². The van der Waals surface area contributed by atoms with Crippen molar-refractivity contribution in [2.75, 3.05) is 7.11 Å². The highest BCUT2D eigenvalue weighted by atomic mass is 16.6. The van der Waals surface area contributed by atoms with E-state index in [0.717, 1.165) is 5.56 Å². The summed E-state index contributed by atoms with van der Waals surface area (Å²) in [4.78, 5) is 16.6. The molecule has 0 bridgehead atoms. The number of nitrogens with zero attached hydrogens (tertiary/aromatic N) is 2. The standard InChI is InChI=1S/C24H26N2O4/c1-6-22(29-23(27)19-11-9-18(15-25)10-12-19)24(3,4)30-17(2)14-21(28-5)20-8-7-13-26-16-20/h7-14,16,22H,2,6H2,1,3-5H3/b21-14-/t22-/m0/s1. The average Bonchev–Trinajstić information content (AvgIpc) is 2.75. The minimum atomic E-state index is -0.835. The highest BCUT2D eigenvalue weighted by Crippen LogP contribution is 2.26. The number of carbonyl (C=O) groups excluding carboxylic acids is 1.